The minimum absolute atomic E-state index is 0.124. The van der Waals surface area contributed by atoms with Gasteiger partial charge in [-0.25, -0.2) is 0 Å². The Morgan fingerprint density at radius 2 is 1.13 bits per heavy atom. The number of hydrogen-bond acceptors (Lipinski definition) is 3. The van der Waals surface area contributed by atoms with Crippen LogP contribution in [0, 0.1) is 11.8 Å². The minimum atomic E-state index is -0.894. The van der Waals surface area contributed by atoms with Gasteiger partial charge in [-0.2, -0.15) is 0 Å². The molecule has 0 saturated carbocycles. The number of nitrogens with one attached hydrogen (secondary N) is 1. The fourth-order valence-corrected chi connectivity index (χ4v) is 5.33. The largest absolute Gasteiger partial charge is 0.481 e. The summed E-state index contributed by atoms with van der Waals surface area (Å²) in [6.07, 6.45) is 22.4. The summed E-state index contributed by atoms with van der Waals surface area (Å²) >= 11 is 0. The molecule has 0 aromatic heterocycles. The van der Waals surface area contributed by atoms with Crippen molar-refractivity contribution >= 4 is 11.9 Å². The highest BCUT2D eigenvalue weighted by Gasteiger charge is 2.55. The molecule has 0 aromatic rings. The molecule has 2 aliphatic rings. The van der Waals surface area contributed by atoms with E-state index in [1.165, 1.54) is 89.9 Å². The van der Waals surface area contributed by atoms with E-state index < -0.39 is 17.8 Å². The molecule has 0 aliphatic carbocycles. The number of fused-ring (bicyclic) bond motifs is 2. The summed E-state index contributed by atoms with van der Waals surface area (Å²) in [5.74, 6) is -2.18. The van der Waals surface area contributed by atoms with Crippen molar-refractivity contribution in [2.45, 2.75) is 135 Å². The molecular weight excluding hydrogens is 390 g/mol. The number of ether oxygens (including phenoxy) is 1. The first-order chi connectivity index (χ1) is 15.1. The highest BCUT2D eigenvalue weighted by Crippen LogP contribution is 2.43. The maximum atomic E-state index is 12.5. The lowest BCUT2D eigenvalue weighted by Gasteiger charge is -2.23. The fourth-order valence-electron chi connectivity index (χ4n) is 5.33. The number of aliphatic carboxylic acids is 1. The highest BCUT2D eigenvalue weighted by atomic mass is 16.5. The smallest absolute Gasteiger partial charge is 0.310 e. The van der Waals surface area contributed by atoms with Crippen molar-refractivity contribution in [1.29, 1.82) is 0 Å². The Balaban J connectivity index is 1.35. The van der Waals surface area contributed by atoms with E-state index >= 15 is 0 Å². The van der Waals surface area contributed by atoms with Gasteiger partial charge in [-0.15, -0.1) is 0 Å². The average molecular weight is 438 g/mol. The summed E-state index contributed by atoms with van der Waals surface area (Å²) in [4.78, 5) is 23.9. The number of carboxylic acid groups (broad SMARTS) is 1. The van der Waals surface area contributed by atoms with Crippen molar-refractivity contribution in [2.75, 3.05) is 6.54 Å². The van der Waals surface area contributed by atoms with Crippen molar-refractivity contribution in [3.63, 3.8) is 0 Å². The van der Waals surface area contributed by atoms with Crippen LogP contribution in [0.3, 0.4) is 0 Å². The van der Waals surface area contributed by atoms with Crippen molar-refractivity contribution in [1.82, 2.24) is 5.32 Å². The number of unbranched alkanes of at least 4 members (excludes halogenated alkanes) is 15. The van der Waals surface area contributed by atoms with Crippen LogP contribution in [0.15, 0.2) is 0 Å². The van der Waals surface area contributed by atoms with E-state index in [0.29, 0.717) is 6.54 Å². The summed E-state index contributed by atoms with van der Waals surface area (Å²) in [6.45, 7) is 2.92. The van der Waals surface area contributed by atoms with Crippen molar-refractivity contribution in [3.8, 4) is 0 Å². The molecule has 5 nitrogen and oxygen atoms in total. The van der Waals surface area contributed by atoms with Gasteiger partial charge in [-0.3, -0.25) is 9.59 Å². The first kappa shape index (κ1) is 26.2. The molecule has 2 heterocycles. The number of carboxylic acids is 1. The number of hydrogen-bond donors (Lipinski definition) is 2. The van der Waals surface area contributed by atoms with Crippen molar-refractivity contribution in [2.24, 2.45) is 11.8 Å². The Hall–Kier alpha value is -1.10. The average Bonchev–Trinajstić information content (AvgIpc) is 3.37. The van der Waals surface area contributed by atoms with Crippen LogP contribution in [0.25, 0.3) is 0 Å². The van der Waals surface area contributed by atoms with Gasteiger partial charge in [0.25, 0.3) is 0 Å². The van der Waals surface area contributed by atoms with Crippen molar-refractivity contribution in [3.05, 3.63) is 0 Å². The van der Waals surface area contributed by atoms with Crippen LogP contribution in [-0.2, 0) is 14.3 Å². The lowest BCUT2D eigenvalue weighted by molar-refractivity contribution is -0.147. The topological polar surface area (TPSA) is 75.6 Å². The summed E-state index contributed by atoms with van der Waals surface area (Å²) < 4.78 is 5.68. The molecule has 4 atom stereocenters. The molecule has 2 fully saturated rings. The van der Waals surface area contributed by atoms with Gasteiger partial charge in [-0.1, -0.05) is 103 Å². The second kappa shape index (κ2) is 15.7. The van der Waals surface area contributed by atoms with E-state index in [0.717, 1.165) is 25.7 Å². The van der Waals surface area contributed by atoms with Crippen LogP contribution in [0.5, 0.6) is 0 Å². The predicted octanol–water partition coefficient (Wildman–Crippen LogP) is 6.24. The van der Waals surface area contributed by atoms with Crippen LogP contribution >= 0.6 is 0 Å². The van der Waals surface area contributed by atoms with Crippen LogP contribution < -0.4 is 5.32 Å². The maximum absolute atomic E-state index is 12.5. The summed E-state index contributed by atoms with van der Waals surface area (Å²) in [5, 5.41) is 12.4. The first-order valence-electron chi connectivity index (χ1n) is 13.3. The monoisotopic (exact) mass is 437 g/mol. The third kappa shape index (κ3) is 9.51. The Labute approximate surface area is 190 Å². The van der Waals surface area contributed by atoms with Gasteiger partial charge in [0.2, 0.25) is 5.91 Å². The molecule has 180 valence electrons. The molecule has 31 heavy (non-hydrogen) atoms. The number of amides is 1. The Kier molecular flexibility index (Phi) is 13.2. The number of carbonyl (C=O) groups is 2. The van der Waals surface area contributed by atoms with Gasteiger partial charge in [0, 0.05) is 6.54 Å². The van der Waals surface area contributed by atoms with Gasteiger partial charge in [0.1, 0.15) is 0 Å². The quantitative estimate of drug-likeness (QED) is 0.234. The molecule has 0 radical (unpaired) electrons. The first-order valence-corrected chi connectivity index (χ1v) is 13.3. The molecule has 1 amide bonds. The zero-order chi connectivity index (χ0) is 22.3. The van der Waals surface area contributed by atoms with Crippen LogP contribution in [0.4, 0.5) is 0 Å². The van der Waals surface area contributed by atoms with Gasteiger partial charge in [0.05, 0.1) is 24.0 Å². The normalized spacial score (nSPS) is 24.5. The van der Waals surface area contributed by atoms with Crippen molar-refractivity contribution < 1.29 is 19.4 Å². The third-order valence-corrected chi connectivity index (χ3v) is 7.19. The summed E-state index contributed by atoms with van der Waals surface area (Å²) in [5.41, 5.74) is 0. The molecule has 2 rings (SSSR count). The molecular formula is C26H47NO4. The molecule has 5 heteroatoms. The summed E-state index contributed by atoms with van der Waals surface area (Å²) in [6, 6.07) is 0. The molecule has 2 N–H and O–H groups in total. The van der Waals surface area contributed by atoms with Crippen LogP contribution in [0.1, 0.15) is 122 Å². The van der Waals surface area contributed by atoms with Gasteiger partial charge in [0.15, 0.2) is 0 Å². The maximum Gasteiger partial charge on any atom is 0.310 e. The highest BCUT2D eigenvalue weighted by molar-refractivity contribution is 5.86. The van der Waals surface area contributed by atoms with Crippen LogP contribution in [-0.4, -0.2) is 35.7 Å². The van der Waals surface area contributed by atoms with E-state index in [4.69, 9.17) is 4.74 Å². The van der Waals surface area contributed by atoms with E-state index in [9.17, 15) is 14.7 Å². The second-order valence-electron chi connectivity index (χ2n) is 9.77. The zero-order valence-electron chi connectivity index (χ0n) is 19.9. The Morgan fingerprint density at radius 3 is 1.58 bits per heavy atom. The number of rotatable bonds is 19. The van der Waals surface area contributed by atoms with Crippen LogP contribution in [0.2, 0.25) is 0 Å². The second-order valence-corrected chi connectivity index (χ2v) is 9.77. The molecule has 2 unspecified atom stereocenters. The lowest BCUT2D eigenvalue weighted by Crippen LogP contribution is -2.44. The standard InChI is InChI=1S/C26H47NO4/c1-2-3-4-5-6-7-8-9-10-11-12-13-14-15-16-17-20-27-25(28)23-21-18-19-22(31-21)24(23)26(29)30/h21-24H,2-20H2,1H3,(H,27,28)(H,29,30)/t21-,22+,23?,24?/m1/s1. The van der Waals surface area contributed by atoms with E-state index in [-0.39, 0.29) is 18.1 Å². The van der Waals surface area contributed by atoms with E-state index in [2.05, 4.69) is 12.2 Å². The molecule has 0 spiro atoms. The Bertz CT molecular complexity index is 510. The lowest BCUT2D eigenvalue weighted by atomic mass is 9.78. The number of carbonyl (C=O) groups excluding carboxylic acids is 1. The van der Waals surface area contributed by atoms with Gasteiger partial charge < -0.3 is 15.2 Å². The molecule has 0 aromatic carbocycles. The van der Waals surface area contributed by atoms with Gasteiger partial charge >= 0.3 is 5.97 Å². The van der Waals surface area contributed by atoms with E-state index in [1.807, 2.05) is 0 Å². The predicted molar refractivity (Wildman–Crippen MR) is 125 cm³/mol. The van der Waals surface area contributed by atoms with Gasteiger partial charge in [-0.05, 0) is 19.3 Å². The fraction of sp³-hybridized carbons (Fsp3) is 0.923. The zero-order valence-corrected chi connectivity index (χ0v) is 19.9. The molecule has 2 bridgehead atoms. The summed E-state index contributed by atoms with van der Waals surface area (Å²) in [7, 11) is 0. The molecule has 2 saturated heterocycles. The van der Waals surface area contributed by atoms with E-state index in [1.54, 1.807) is 0 Å². The molecule has 2 aliphatic heterocycles. The SMILES string of the molecule is CCCCCCCCCCCCCCCCCCNC(=O)C1C(C(=O)O)[C@@H]2CC[C@H]1O2. The Morgan fingerprint density at radius 1 is 0.710 bits per heavy atom. The third-order valence-electron chi connectivity index (χ3n) is 7.19. The minimum Gasteiger partial charge on any atom is -0.481 e.